The third kappa shape index (κ3) is 4.61. The van der Waals surface area contributed by atoms with Crippen molar-refractivity contribution >= 4 is 11.8 Å². The van der Waals surface area contributed by atoms with E-state index in [1.165, 1.54) is 6.07 Å². The fourth-order valence-electron chi connectivity index (χ4n) is 2.22. The molecular weight excluding hydrogens is 284 g/mol. The van der Waals surface area contributed by atoms with Gasteiger partial charge in [-0.3, -0.25) is 0 Å². The van der Waals surface area contributed by atoms with E-state index >= 15 is 0 Å². The fraction of sp³-hybridized carbons (Fsp3) is 0.571. The third-order valence-electron chi connectivity index (χ3n) is 3.38. The van der Waals surface area contributed by atoms with Gasteiger partial charge < -0.3 is 15.2 Å². The van der Waals surface area contributed by atoms with Crippen molar-refractivity contribution in [3.63, 3.8) is 0 Å². The number of thioether (sulfide) groups is 1. The van der Waals surface area contributed by atoms with Crippen molar-refractivity contribution in [3.05, 3.63) is 29.8 Å². The first-order chi connectivity index (χ1) is 9.59. The molecule has 2 N–H and O–H groups in total. The Morgan fingerprint density at radius 1 is 1.30 bits per heavy atom. The van der Waals surface area contributed by atoms with Gasteiger partial charge in [0.25, 0.3) is 0 Å². The van der Waals surface area contributed by atoms with Gasteiger partial charge in [-0.1, -0.05) is 18.2 Å². The number of alkyl halides is 2. The van der Waals surface area contributed by atoms with Crippen molar-refractivity contribution in [2.45, 2.75) is 31.6 Å². The van der Waals surface area contributed by atoms with Crippen LogP contribution >= 0.6 is 11.8 Å². The number of hydrogen-bond acceptors (Lipinski definition) is 4. The monoisotopic (exact) mass is 303 g/mol. The van der Waals surface area contributed by atoms with Gasteiger partial charge in [0, 0.05) is 18.7 Å². The number of benzene rings is 1. The zero-order valence-electron chi connectivity index (χ0n) is 11.1. The smallest absolute Gasteiger partial charge is 0.387 e. The number of ether oxygens (including phenoxy) is 1. The normalized spacial score (nSPS) is 18.2. The number of aliphatic hydroxyl groups is 1. The van der Waals surface area contributed by atoms with Crippen LogP contribution in [-0.2, 0) is 6.54 Å². The number of halogens is 2. The highest BCUT2D eigenvalue weighted by molar-refractivity contribution is 7.99. The van der Waals surface area contributed by atoms with Gasteiger partial charge in [0.2, 0.25) is 0 Å². The zero-order valence-corrected chi connectivity index (χ0v) is 12.0. The van der Waals surface area contributed by atoms with Crippen LogP contribution < -0.4 is 10.1 Å². The van der Waals surface area contributed by atoms with E-state index in [2.05, 4.69) is 10.1 Å². The van der Waals surface area contributed by atoms with Crippen LogP contribution in [0.15, 0.2) is 24.3 Å². The summed E-state index contributed by atoms with van der Waals surface area (Å²) in [5, 5.41) is 13.5. The van der Waals surface area contributed by atoms with E-state index < -0.39 is 12.2 Å². The SMILES string of the molecule is OC1(CNCc2ccccc2OC(F)F)CCSCC1. The lowest BCUT2D eigenvalue weighted by molar-refractivity contribution is -0.0505. The lowest BCUT2D eigenvalue weighted by atomic mass is 9.97. The molecule has 2 rings (SSSR count). The Balaban J connectivity index is 1.87. The first-order valence-electron chi connectivity index (χ1n) is 6.63. The largest absolute Gasteiger partial charge is 0.434 e. The summed E-state index contributed by atoms with van der Waals surface area (Å²) in [6.45, 7) is -1.95. The van der Waals surface area contributed by atoms with E-state index in [0.717, 1.165) is 24.3 Å². The summed E-state index contributed by atoms with van der Waals surface area (Å²) >= 11 is 1.85. The maximum absolute atomic E-state index is 12.3. The van der Waals surface area contributed by atoms with E-state index in [4.69, 9.17) is 0 Å². The average Bonchev–Trinajstić information content (AvgIpc) is 2.41. The van der Waals surface area contributed by atoms with Crippen LogP contribution in [0.2, 0.25) is 0 Å². The van der Waals surface area contributed by atoms with Crippen molar-refractivity contribution in [2.24, 2.45) is 0 Å². The Hall–Kier alpha value is -0.850. The first kappa shape index (κ1) is 15.5. The quantitative estimate of drug-likeness (QED) is 0.848. The second-order valence-corrected chi connectivity index (χ2v) is 6.15. The van der Waals surface area contributed by atoms with Crippen molar-refractivity contribution < 1.29 is 18.6 Å². The van der Waals surface area contributed by atoms with Gasteiger partial charge >= 0.3 is 6.61 Å². The summed E-state index contributed by atoms with van der Waals surface area (Å²) in [6, 6.07) is 6.70. The molecule has 1 aliphatic rings. The summed E-state index contributed by atoms with van der Waals surface area (Å²) in [6.07, 6.45) is 1.53. The highest BCUT2D eigenvalue weighted by atomic mass is 32.2. The van der Waals surface area contributed by atoms with Crippen molar-refractivity contribution in [1.82, 2.24) is 5.32 Å². The minimum Gasteiger partial charge on any atom is -0.434 e. The number of para-hydroxylation sites is 1. The molecule has 1 aromatic carbocycles. The van der Waals surface area contributed by atoms with Gasteiger partial charge in [0.1, 0.15) is 5.75 Å². The van der Waals surface area contributed by atoms with Gasteiger partial charge in [-0.2, -0.15) is 20.5 Å². The molecule has 0 unspecified atom stereocenters. The summed E-state index contributed by atoms with van der Waals surface area (Å²) in [4.78, 5) is 0. The molecule has 0 radical (unpaired) electrons. The topological polar surface area (TPSA) is 41.5 Å². The molecule has 0 amide bonds. The molecule has 0 bridgehead atoms. The second-order valence-electron chi connectivity index (χ2n) is 4.93. The fourth-order valence-corrected chi connectivity index (χ4v) is 3.47. The Labute approximate surface area is 121 Å². The molecular formula is C14H19F2NO2S. The van der Waals surface area contributed by atoms with Crippen LogP contribution in [0.5, 0.6) is 5.75 Å². The van der Waals surface area contributed by atoms with Gasteiger partial charge in [-0.15, -0.1) is 0 Å². The molecule has 1 aromatic rings. The van der Waals surface area contributed by atoms with Crippen LogP contribution in [0.3, 0.4) is 0 Å². The van der Waals surface area contributed by atoms with Crippen LogP contribution in [-0.4, -0.2) is 35.4 Å². The van der Waals surface area contributed by atoms with Crippen molar-refractivity contribution in [2.75, 3.05) is 18.1 Å². The Morgan fingerprint density at radius 3 is 2.70 bits per heavy atom. The minimum atomic E-state index is -2.82. The van der Waals surface area contributed by atoms with Gasteiger partial charge in [0.05, 0.1) is 5.60 Å². The van der Waals surface area contributed by atoms with Crippen LogP contribution in [0.1, 0.15) is 18.4 Å². The van der Waals surface area contributed by atoms with Gasteiger partial charge in [0.15, 0.2) is 0 Å². The van der Waals surface area contributed by atoms with Gasteiger partial charge in [-0.05, 0) is 30.4 Å². The molecule has 6 heteroatoms. The lowest BCUT2D eigenvalue weighted by Crippen LogP contribution is -2.43. The lowest BCUT2D eigenvalue weighted by Gasteiger charge is -2.32. The Bertz CT molecular complexity index is 425. The van der Waals surface area contributed by atoms with E-state index in [1.807, 2.05) is 11.8 Å². The van der Waals surface area contributed by atoms with Crippen molar-refractivity contribution in [1.29, 1.82) is 0 Å². The molecule has 0 aromatic heterocycles. The molecule has 1 heterocycles. The maximum Gasteiger partial charge on any atom is 0.387 e. The molecule has 20 heavy (non-hydrogen) atoms. The van der Waals surface area contributed by atoms with Crippen LogP contribution in [0.25, 0.3) is 0 Å². The average molecular weight is 303 g/mol. The van der Waals surface area contributed by atoms with Crippen molar-refractivity contribution in [3.8, 4) is 5.75 Å². The highest BCUT2D eigenvalue weighted by Crippen LogP contribution is 2.26. The molecule has 0 atom stereocenters. The molecule has 0 aliphatic carbocycles. The summed E-state index contributed by atoms with van der Waals surface area (Å²) in [7, 11) is 0. The predicted octanol–water partition coefficient (Wildman–Crippen LogP) is 2.64. The molecule has 0 spiro atoms. The molecule has 0 saturated carbocycles. The standard InChI is InChI=1S/C14H19F2NO2S/c15-13(16)19-12-4-2-1-3-11(12)9-17-10-14(18)5-7-20-8-6-14/h1-4,13,17-18H,5-10H2. The second kappa shape index (κ2) is 7.24. The molecule has 112 valence electrons. The van der Waals surface area contributed by atoms with E-state index in [-0.39, 0.29) is 5.75 Å². The maximum atomic E-state index is 12.3. The molecule has 1 aliphatic heterocycles. The summed E-state index contributed by atoms with van der Waals surface area (Å²) in [5.74, 6) is 2.10. The molecule has 1 saturated heterocycles. The minimum absolute atomic E-state index is 0.182. The van der Waals surface area contributed by atoms with Crippen LogP contribution in [0, 0.1) is 0 Å². The van der Waals surface area contributed by atoms with E-state index in [1.54, 1.807) is 18.2 Å². The van der Waals surface area contributed by atoms with E-state index in [0.29, 0.717) is 18.7 Å². The summed E-state index contributed by atoms with van der Waals surface area (Å²) < 4.78 is 29.1. The Morgan fingerprint density at radius 2 is 2.00 bits per heavy atom. The molecule has 3 nitrogen and oxygen atoms in total. The number of rotatable bonds is 6. The summed E-state index contributed by atoms with van der Waals surface area (Å²) in [5.41, 5.74) is -0.00869. The molecule has 1 fully saturated rings. The highest BCUT2D eigenvalue weighted by Gasteiger charge is 2.28. The zero-order chi connectivity index (χ0) is 14.4. The first-order valence-corrected chi connectivity index (χ1v) is 7.78. The Kier molecular flexibility index (Phi) is 5.63. The van der Waals surface area contributed by atoms with E-state index in [9.17, 15) is 13.9 Å². The van der Waals surface area contributed by atoms with Gasteiger partial charge in [-0.25, -0.2) is 0 Å². The predicted molar refractivity (Wildman–Crippen MR) is 76.3 cm³/mol. The van der Waals surface area contributed by atoms with Crippen LogP contribution in [0.4, 0.5) is 8.78 Å². The third-order valence-corrected chi connectivity index (χ3v) is 4.37. The number of hydrogen-bond donors (Lipinski definition) is 2. The number of nitrogens with one attached hydrogen (secondary N) is 1.